The summed E-state index contributed by atoms with van der Waals surface area (Å²) in [4.78, 5) is 63.3. The van der Waals surface area contributed by atoms with E-state index in [4.69, 9.17) is 0 Å². The number of likely N-dealkylation sites (tertiary alicyclic amines) is 3. The highest BCUT2D eigenvalue weighted by Crippen LogP contribution is 2.29. The number of rotatable bonds is 10. The summed E-state index contributed by atoms with van der Waals surface area (Å²) in [5.41, 5.74) is -0.469. The number of hydrogen-bond acceptors (Lipinski definition) is 6. The van der Waals surface area contributed by atoms with Crippen molar-refractivity contribution in [3.63, 3.8) is 0 Å². The summed E-state index contributed by atoms with van der Waals surface area (Å²) >= 11 is 0. The van der Waals surface area contributed by atoms with E-state index in [0.29, 0.717) is 13.1 Å². The molecule has 3 aliphatic heterocycles. The first kappa shape index (κ1) is 37.6. The number of likely N-dealkylation sites (N-methyl/N-ethyl adjacent to an activating group) is 2. The normalized spacial score (nSPS) is 26.8. The Labute approximate surface area is 285 Å². The Morgan fingerprint density at radius 1 is 0.745 bits per heavy atom. The first-order valence-corrected chi connectivity index (χ1v) is 18.9. The first-order chi connectivity index (χ1) is 22.3. The van der Waals surface area contributed by atoms with E-state index >= 15 is 0 Å². The zero-order valence-corrected chi connectivity index (χ0v) is 30.7. The van der Waals surface area contributed by atoms with E-state index in [1.165, 1.54) is 19.3 Å². The second-order valence-electron chi connectivity index (χ2n) is 16.5. The lowest BCUT2D eigenvalue weighted by molar-refractivity contribution is -0.144. The summed E-state index contributed by atoms with van der Waals surface area (Å²) in [5, 5.41) is 6.48. The van der Waals surface area contributed by atoms with Crippen molar-refractivity contribution in [2.24, 2.45) is 11.3 Å². The molecular formula is C37H66N6O4. The lowest BCUT2D eigenvalue weighted by atomic mass is 9.84. The van der Waals surface area contributed by atoms with Gasteiger partial charge in [-0.1, -0.05) is 73.1 Å². The van der Waals surface area contributed by atoms with Crippen molar-refractivity contribution in [2.45, 2.75) is 161 Å². The Hall–Kier alpha value is -2.20. The molecule has 4 amide bonds. The van der Waals surface area contributed by atoms with Crippen molar-refractivity contribution in [3.05, 3.63) is 0 Å². The van der Waals surface area contributed by atoms with E-state index < -0.39 is 11.5 Å². The molecule has 268 valence electrons. The van der Waals surface area contributed by atoms with Gasteiger partial charge in [0.15, 0.2) is 0 Å². The lowest BCUT2D eigenvalue weighted by Crippen LogP contribution is -2.61. The maximum atomic E-state index is 14.2. The second kappa shape index (κ2) is 17.0. The second-order valence-corrected chi connectivity index (χ2v) is 16.5. The number of hydrogen-bond donors (Lipinski definition) is 2. The number of nitrogens with zero attached hydrogens (tertiary/aromatic N) is 4. The fourth-order valence-corrected chi connectivity index (χ4v) is 8.40. The Balaban J connectivity index is 1.42. The van der Waals surface area contributed by atoms with E-state index in [-0.39, 0.29) is 59.8 Å². The van der Waals surface area contributed by atoms with Gasteiger partial charge in [-0.15, -0.1) is 0 Å². The SMILES string of the molecule is CC(C)[C@@H](CN1CCC[C@H]1C(=O)N1CCC[C@H]1C(=O)NC1CCCCCCC1)N(C)C(=O)[C@@H](NC(=O)[C@H]1CCCCN1C)C(C)(C)C. The van der Waals surface area contributed by atoms with Crippen LogP contribution >= 0.6 is 0 Å². The maximum Gasteiger partial charge on any atom is 0.245 e. The molecule has 47 heavy (non-hydrogen) atoms. The fraction of sp³-hybridized carbons (Fsp3) is 0.892. The minimum atomic E-state index is -0.658. The van der Waals surface area contributed by atoms with Gasteiger partial charge in [-0.05, 0) is 82.8 Å². The Bertz CT molecular complexity index is 1070. The summed E-state index contributed by atoms with van der Waals surface area (Å²) in [5.74, 6) is 0.0708. The van der Waals surface area contributed by atoms with Crippen molar-refractivity contribution in [1.82, 2.24) is 30.2 Å². The van der Waals surface area contributed by atoms with E-state index in [1.807, 2.05) is 44.7 Å². The fourth-order valence-electron chi connectivity index (χ4n) is 8.40. The quantitative estimate of drug-likeness (QED) is 0.365. The Morgan fingerprint density at radius 3 is 1.98 bits per heavy atom. The Morgan fingerprint density at radius 2 is 1.34 bits per heavy atom. The van der Waals surface area contributed by atoms with Gasteiger partial charge in [-0.2, -0.15) is 0 Å². The zero-order chi connectivity index (χ0) is 34.3. The smallest absolute Gasteiger partial charge is 0.245 e. The minimum Gasteiger partial charge on any atom is -0.352 e. The van der Waals surface area contributed by atoms with Crippen LogP contribution in [0.5, 0.6) is 0 Å². The third-order valence-electron chi connectivity index (χ3n) is 11.4. The van der Waals surface area contributed by atoms with Crippen LogP contribution in [0.25, 0.3) is 0 Å². The molecule has 0 radical (unpaired) electrons. The molecule has 0 aromatic carbocycles. The summed E-state index contributed by atoms with van der Waals surface area (Å²) in [7, 11) is 3.84. The van der Waals surface area contributed by atoms with E-state index in [0.717, 1.165) is 83.7 Å². The van der Waals surface area contributed by atoms with Crippen LogP contribution in [0.3, 0.4) is 0 Å². The number of piperidine rings is 1. The van der Waals surface area contributed by atoms with Crippen LogP contribution in [-0.4, -0.2) is 120 Å². The molecule has 0 unspecified atom stereocenters. The van der Waals surface area contributed by atoms with Crippen molar-refractivity contribution >= 4 is 23.6 Å². The average Bonchev–Trinajstić information content (AvgIpc) is 3.68. The van der Waals surface area contributed by atoms with Gasteiger partial charge >= 0.3 is 0 Å². The van der Waals surface area contributed by atoms with Crippen molar-refractivity contribution in [1.29, 1.82) is 0 Å². The molecule has 0 aromatic heterocycles. The average molecular weight is 659 g/mol. The third-order valence-corrected chi connectivity index (χ3v) is 11.4. The molecule has 4 aliphatic rings. The monoisotopic (exact) mass is 659 g/mol. The Kier molecular flexibility index (Phi) is 13.6. The van der Waals surface area contributed by atoms with E-state index in [2.05, 4.69) is 34.3 Å². The van der Waals surface area contributed by atoms with Crippen molar-refractivity contribution in [2.75, 3.05) is 40.3 Å². The highest BCUT2D eigenvalue weighted by Gasteiger charge is 2.44. The van der Waals surface area contributed by atoms with Crippen molar-refractivity contribution < 1.29 is 19.2 Å². The van der Waals surface area contributed by atoms with Crippen LogP contribution in [0.4, 0.5) is 0 Å². The van der Waals surface area contributed by atoms with Gasteiger partial charge < -0.3 is 20.4 Å². The van der Waals surface area contributed by atoms with Crippen LogP contribution < -0.4 is 10.6 Å². The maximum absolute atomic E-state index is 14.2. The highest BCUT2D eigenvalue weighted by atomic mass is 16.2. The van der Waals surface area contributed by atoms with Gasteiger partial charge in [0.25, 0.3) is 0 Å². The van der Waals surface area contributed by atoms with Crippen LogP contribution in [-0.2, 0) is 19.2 Å². The van der Waals surface area contributed by atoms with Gasteiger partial charge in [0.1, 0.15) is 12.1 Å². The third kappa shape index (κ3) is 9.71. The van der Waals surface area contributed by atoms with E-state index in [1.54, 1.807) is 0 Å². The van der Waals surface area contributed by atoms with Crippen LogP contribution in [0, 0.1) is 11.3 Å². The molecule has 0 bridgehead atoms. The molecule has 3 heterocycles. The predicted molar refractivity (Wildman–Crippen MR) is 187 cm³/mol. The molecule has 0 aromatic rings. The van der Waals surface area contributed by atoms with Gasteiger partial charge in [-0.25, -0.2) is 0 Å². The number of carbonyl (C=O) groups is 4. The molecule has 10 nitrogen and oxygen atoms in total. The molecule has 3 saturated heterocycles. The predicted octanol–water partition coefficient (Wildman–Crippen LogP) is 4.17. The summed E-state index contributed by atoms with van der Waals surface area (Å²) < 4.78 is 0. The number of carbonyl (C=O) groups excluding carboxylic acids is 4. The van der Waals surface area contributed by atoms with Gasteiger partial charge in [0.2, 0.25) is 23.6 Å². The topological polar surface area (TPSA) is 105 Å². The van der Waals surface area contributed by atoms with Crippen LogP contribution in [0.15, 0.2) is 0 Å². The van der Waals surface area contributed by atoms with Crippen LogP contribution in [0.2, 0.25) is 0 Å². The minimum absolute atomic E-state index is 0.0195. The molecule has 0 spiro atoms. The summed E-state index contributed by atoms with van der Waals surface area (Å²) in [6.07, 6.45) is 14.3. The molecule has 4 fully saturated rings. The van der Waals surface area contributed by atoms with E-state index in [9.17, 15) is 19.2 Å². The van der Waals surface area contributed by atoms with Gasteiger partial charge in [0, 0.05) is 32.2 Å². The van der Waals surface area contributed by atoms with Gasteiger partial charge in [0.05, 0.1) is 12.1 Å². The molecule has 1 saturated carbocycles. The first-order valence-electron chi connectivity index (χ1n) is 18.9. The molecular weight excluding hydrogens is 592 g/mol. The summed E-state index contributed by atoms with van der Waals surface area (Å²) in [6, 6.07) is -1.46. The zero-order valence-electron chi connectivity index (χ0n) is 30.7. The highest BCUT2D eigenvalue weighted by molar-refractivity contribution is 5.91. The number of nitrogens with one attached hydrogen (secondary N) is 2. The van der Waals surface area contributed by atoms with Crippen LogP contribution in [0.1, 0.15) is 125 Å². The molecule has 5 atom stereocenters. The standard InChI is InChI=1S/C37H66N6O4/c1-26(2)31(41(7)36(47)32(37(3,4)5)39-33(44)28-19-13-14-22-40(28)6)25-42-23-15-21-30(42)35(46)43-24-16-20-29(43)34(45)38-27-17-11-9-8-10-12-18-27/h26-32H,8-25H2,1-7H3,(H,38,45)(H,39,44)/t28-,29+,30+,31-,32-/m1/s1. The van der Waals surface area contributed by atoms with Gasteiger partial charge in [-0.3, -0.25) is 29.0 Å². The molecule has 1 aliphatic carbocycles. The summed E-state index contributed by atoms with van der Waals surface area (Å²) in [6.45, 7) is 13.2. The molecule has 4 rings (SSSR count). The molecule has 2 N–H and O–H groups in total. The largest absolute Gasteiger partial charge is 0.352 e. The number of amides is 4. The lowest BCUT2D eigenvalue weighted by Gasteiger charge is -2.41. The van der Waals surface area contributed by atoms with Crippen molar-refractivity contribution in [3.8, 4) is 0 Å². The molecule has 10 heteroatoms.